The average Bonchev–Trinajstić information content (AvgIpc) is 2.63. The van der Waals surface area contributed by atoms with E-state index in [4.69, 9.17) is 4.74 Å². The summed E-state index contributed by atoms with van der Waals surface area (Å²) in [4.78, 5) is 25.7. The van der Waals surface area contributed by atoms with Gasteiger partial charge in [-0.1, -0.05) is 42.1 Å². The van der Waals surface area contributed by atoms with Gasteiger partial charge in [-0.2, -0.15) is 0 Å². The van der Waals surface area contributed by atoms with Crippen molar-refractivity contribution in [2.24, 2.45) is 0 Å². The number of ether oxygens (including phenoxy) is 1. The van der Waals surface area contributed by atoms with Crippen molar-refractivity contribution in [1.82, 2.24) is 0 Å². The second-order valence-corrected chi connectivity index (χ2v) is 5.98. The quantitative estimate of drug-likeness (QED) is 0.798. The van der Waals surface area contributed by atoms with Gasteiger partial charge in [0.05, 0.1) is 13.5 Å². The summed E-state index contributed by atoms with van der Waals surface area (Å²) in [6.07, 6.45) is 0.651. The molecule has 1 heterocycles. The molecule has 4 heteroatoms. The van der Waals surface area contributed by atoms with Crippen LogP contribution in [0.4, 0.5) is 0 Å². The lowest BCUT2D eigenvalue weighted by Crippen LogP contribution is -2.05. The minimum atomic E-state index is -0.259. The lowest BCUT2D eigenvalue weighted by Gasteiger charge is -2.07. The van der Waals surface area contributed by atoms with Gasteiger partial charge in [0.2, 0.25) is 0 Å². The molecule has 0 N–H and O–H groups in total. The normalized spacial score (nSPS) is 13.1. The molecule has 0 saturated carbocycles. The van der Waals surface area contributed by atoms with E-state index >= 15 is 0 Å². The van der Waals surface area contributed by atoms with Crippen LogP contribution in [0, 0.1) is 0 Å². The van der Waals surface area contributed by atoms with Crippen LogP contribution in [-0.2, 0) is 22.4 Å². The highest BCUT2D eigenvalue weighted by atomic mass is 32.2. The zero-order chi connectivity index (χ0) is 14.8. The lowest BCUT2D eigenvalue weighted by atomic mass is 10.0. The Hall–Kier alpha value is -2.07. The molecule has 1 aliphatic rings. The first-order chi connectivity index (χ1) is 10.2. The van der Waals surface area contributed by atoms with Crippen LogP contribution in [0.2, 0.25) is 0 Å². The Balaban J connectivity index is 1.99. The summed E-state index contributed by atoms with van der Waals surface area (Å²) in [5.41, 5.74) is 2.68. The predicted molar refractivity (Wildman–Crippen MR) is 80.8 cm³/mol. The van der Waals surface area contributed by atoms with Crippen molar-refractivity contribution < 1.29 is 14.3 Å². The van der Waals surface area contributed by atoms with Crippen molar-refractivity contribution in [2.75, 3.05) is 7.11 Å². The van der Waals surface area contributed by atoms with Crippen molar-refractivity contribution in [3.8, 4) is 0 Å². The fourth-order valence-electron chi connectivity index (χ4n) is 2.36. The summed E-state index contributed by atoms with van der Waals surface area (Å²) < 4.78 is 4.70. The van der Waals surface area contributed by atoms with Gasteiger partial charge in [0.15, 0.2) is 5.78 Å². The number of methoxy groups -OCH3 is 1. The van der Waals surface area contributed by atoms with E-state index in [1.165, 1.54) is 7.11 Å². The molecule has 0 aliphatic carbocycles. The molecule has 0 fully saturated rings. The van der Waals surface area contributed by atoms with Crippen LogP contribution in [0.3, 0.4) is 0 Å². The van der Waals surface area contributed by atoms with Gasteiger partial charge in [0, 0.05) is 21.8 Å². The number of rotatable bonds is 2. The molecule has 0 bridgehead atoms. The molecule has 2 aromatic rings. The molecule has 0 amide bonds. The van der Waals surface area contributed by atoms with Crippen LogP contribution in [0.15, 0.2) is 52.3 Å². The first-order valence-electron chi connectivity index (χ1n) is 6.66. The number of benzene rings is 2. The van der Waals surface area contributed by atoms with Crippen molar-refractivity contribution in [2.45, 2.75) is 22.6 Å². The molecule has 106 valence electrons. The number of carbonyl (C=O) groups excluding carboxylic acids is 2. The Labute approximate surface area is 127 Å². The molecular weight excluding hydrogens is 284 g/mol. The van der Waals surface area contributed by atoms with Gasteiger partial charge in [-0.05, 0) is 23.3 Å². The molecule has 0 unspecified atom stereocenters. The van der Waals surface area contributed by atoms with Gasteiger partial charge in [-0.25, -0.2) is 0 Å². The summed E-state index contributed by atoms with van der Waals surface area (Å²) in [5, 5.41) is 0. The van der Waals surface area contributed by atoms with Gasteiger partial charge in [-0.15, -0.1) is 0 Å². The van der Waals surface area contributed by atoms with Crippen LogP contribution in [0.25, 0.3) is 0 Å². The number of ketones is 1. The zero-order valence-corrected chi connectivity index (χ0v) is 12.4. The van der Waals surface area contributed by atoms with Crippen molar-refractivity contribution in [3.05, 3.63) is 59.2 Å². The summed E-state index contributed by atoms with van der Waals surface area (Å²) in [7, 11) is 1.38. The van der Waals surface area contributed by atoms with E-state index in [9.17, 15) is 9.59 Å². The monoisotopic (exact) mass is 298 g/mol. The van der Waals surface area contributed by atoms with E-state index in [0.717, 1.165) is 26.5 Å². The van der Waals surface area contributed by atoms with Gasteiger partial charge in [0.1, 0.15) is 0 Å². The van der Waals surface area contributed by atoms with Gasteiger partial charge < -0.3 is 4.74 Å². The number of esters is 1. The first kappa shape index (κ1) is 13.9. The maximum absolute atomic E-state index is 12.3. The van der Waals surface area contributed by atoms with Crippen LogP contribution in [0.1, 0.15) is 21.5 Å². The summed E-state index contributed by atoms with van der Waals surface area (Å²) >= 11 is 1.58. The maximum atomic E-state index is 12.3. The fourth-order valence-corrected chi connectivity index (χ4v) is 3.52. The molecule has 0 spiro atoms. The van der Waals surface area contributed by atoms with Crippen LogP contribution >= 0.6 is 11.8 Å². The number of Topliss-reactive ketones (excluding diaryl/α,β-unsaturated/α-hetero) is 1. The van der Waals surface area contributed by atoms with Gasteiger partial charge >= 0.3 is 5.97 Å². The fraction of sp³-hybridized carbons (Fsp3) is 0.176. The number of hydrogen-bond acceptors (Lipinski definition) is 4. The van der Waals surface area contributed by atoms with E-state index in [1.54, 1.807) is 11.8 Å². The molecule has 3 rings (SSSR count). The second kappa shape index (κ2) is 5.74. The summed E-state index contributed by atoms with van der Waals surface area (Å²) in [6.45, 7) is 0. The SMILES string of the molecule is COC(=O)Cc1ccc2c(c1)Sc1ccccc1C(=O)C2. The molecule has 1 aliphatic heterocycles. The highest BCUT2D eigenvalue weighted by Gasteiger charge is 2.20. The molecule has 2 aromatic carbocycles. The second-order valence-electron chi connectivity index (χ2n) is 4.89. The van der Waals surface area contributed by atoms with Gasteiger partial charge in [-0.3, -0.25) is 9.59 Å². The smallest absolute Gasteiger partial charge is 0.309 e. The van der Waals surface area contributed by atoms with E-state index in [1.807, 2.05) is 42.5 Å². The van der Waals surface area contributed by atoms with Crippen molar-refractivity contribution >= 4 is 23.5 Å². The third-order valence-electron chi connectivity index (χ3n) is 3.47. The maximum Gasteiger partial charge on any atom is 0.309 e. The Morgan fingerprint density at radius 1 is 1.19 bits per heavy atom. The molecule has 0 aromatic heterocycles. The topological polar surface area (TPSA) is 43.4 Å². The first-order valence-corrected chi connectivity index (χ1v) is 7.47. The number of carbonyl (C=O) groups is 2. The van der Waals surface area contributed by atoms with Gasteiger partial charge in [0.25, 0.3) is 0 Å². The van der Waals surface area contributed by atoms with E-state index in [0.29, 0.717) is 6.42 Å². The predicted octanol–water partition coefficient (Wildman–Crippen LogP) is 3.29. The average molecular weight is 298 g/mol. The lowest BCUT2D eigenvalue weighted by molar-refractivity contribution is -0.139. The van der Waals surface area contributed by atoms with E-state index in [2.05, 4.69) is 0 Å². The Bertz CT molecular complexity index is 722. The van der Waals surface area contributed by atoms with E-state index in [-0.39, 0.29) is 18.2 Å². The van der Waals surface area contributed by atoms with E-state index < -0.39 is 0 Å². The summed E-state index contributed by atoms with van der Waals surface area (Å²) in [6, 6.07) is 13.4. The summed E-state index contributed by atoms with van der Waals surface area (Å²) in [5.74, 6) is -0.123. The van der Waals surface area contributed by atoms with Crippen LogP contribution < -0.4 is 0 Å². The molecule has 0 saturated heterocycles. The minimum Gasteiger partial charge on any atom is -0.469 e. The van der Waals surface area contributed by atoms with Crippen molar-refractivity contribution in [3.63, 3.8) is 0 Å². The molecule has 0 radical (unpaired) electrons. The molecule has 0 atom stereocenters. The zero-order valence-electron chi connectivity index (χ0n) is 11.6. The number of hydrogen-bond donors (Lipinski definition) is 0. The standard InChI is InChI=1S/C17H14O3S/c1-20-17(19)9-11-6-7-12-10-14(18)13-4-2-3-5-15(13)21-16(12)8-11/h2-8H,9-10H2,1H3. The van der Waals surface area contributed by atoms with Crippen LogP contribution in [-0.4, -0.2) is 18.9 Å². The third kappa shape index (κ3) is 2.85. The largest absolute Gasteiger partial charge is 0.469 e. The molecule has 3 nitrogen and oxygen atoms in total. The Kier molecular flexibility index (Phi) is 3.80. The minimum absolute atomic E-state index is 0.137. The van der Waals surface area contributed by atoms with Crippen molar-refractivity contribution in [1.29, 1.82) is 0 Å². The Morgan fingerprint density at radius 2 is 2.00 bits per heavy atom. The van der Waals surface area contributed by atoms with Crippen LogP contribution in [0.5, 0.6) is 0 Å². The number of fused-ring (bicyclic) bond motifs is 2. The highest BCUT2D eigenvalue weighted by molar-refractivity contribution is 7.99. The molecular formula is C17H14O3S. The molecule has 21 heavy (non-hydrogen) atoms. The highest BCUT2D eigenvalue weighted by Crippen LogP contribution is 2.37. The third-order valence-corrected chi connectivity index (χ3v) is 4.64. The Morgan fingerprint density at radius 3 is 2.81 bits per heavy atom.